The highest BCUT2D eigenvalue weighted by Gasteiger charge is 2.19. The minimum Gasteiger partial charge on any atom is -0.388 e. The average molecular weight is 223 g/mol. The van der Waals surface area contributed by atoms with E-state index in [1.807, 2.05) is 20.8 Å². The molecule has 1 aromatic heterocycles. The zero-order valence-electron chi connectivity index (χ0n) is 10.5. The highest BCUT2D eigenvalue weighted by atomic mass is 16.3. The van der Waals surface area contributed by atoms with Crippen molar-refractivity contribution in [3.63, 3.8) is 0 Å². The lowest BCUT2D eigenvalue weighted by molar-refractivity contribution is 0.0636. The van der Waals surface area contributed by atoms with Gasteiger partial charge in [0.25, 0.3) is 0 Å². The highest BCUT2D eigenvalue weighted by Crippen LogP contribution is 2.14. The highest BCUT2D eigenvalue weighted by molar-refractivity contribution is 5.39. The van der Waals surface area contributed by atoms with E-state index in [0.29, 0.717) is 6.54 Å². The smallest absolute Gasteiger partial charge is 0.147 e. The van der Waals surface area contributed by atoms with Crippen LogP contribution in [0.15, 0.2) is 6.20 Å². The fourth-order valence-corrected chi connectivity index (χ4v) is 1.61. The van der Waals surface area contributed by atoms with Crippen molar-refractivity contribution in [1.29, 1.82) is 0 Å². The molecule has 1 atom stereocenters. The Morgan fingerprint density at radius 2 is 2.12 bits per heavy atom. The molecule has 4 nitrogen and oxygen atoms in total. The monoisotopic (exact) mass is 223 g/mol. The van der Waals surface area contributed by atoms with Gasteiger partial charge in [0.05, 0.1) is 17.0 Å². The van der Waals surface area contributed by atoms with Crippen molar-refractivity contribution in [2.75, 3.05) is 11.9 Å². The molecule has 0 bridgehead atoms. The molecule has 0 fully saturated rings. The molecule has 1 rings (SSSR count). The fourth-order valence-electron chi connectivity index (χ4n) is 1.61. The summed E-state index contributed by atoms with van der Waals surface area (Å²) in [7, 11) is 0. The van der Waals surface area contributed by atoms with Crippen molar-refractivity contribution in [3.8, 4) is 0 Å². The number of hydrogen-bond donors (Lipinski definition) is 2. The van der Waals surface area contributed by atoms with Gasteiger partial charge in [-0.3, -0.25) is 4.98 Å². The maximum Gasteiger partial charge on any atom is 0.147 e. The summed E-state index contributed by atoms with van der Waals surface area (Å²) < 4.78 is 0. The Morgan fingerprint density at radius 3 is 2.75 bits per heavy atom. The molecule has 0 radical (unpaired) electrons. The first-order valence-corrected chi connectivity index (χ1v) is 5.71. The molecule has 0 amide bonds. The summed E-state index contributed by atoms with van der Waals surface area (Å²) in [4.78, 5) is 8.57. The van der Waals surface area contributed by atoms with Crippen molar-refractivity contribution in [3.05, 3.63) is 17.6 Å². The number of aliphatic hydroxyl groups is 1. The van der Waals surface area contributed by atoms with Gasteiger partial charge in [0.2, 0.25) is 0 Å². The van der Waals surface area contributed by atoms with Gasteiger partial charge in [0.15, 0.2) is 0 Å². The van der Waals surface area contributed by atoms with Crippen LogP contribution >= 0.6 is 0 Å². The largest absolute Gasteiger partial charge is 0.388 e. The molecule has 0 aliphatic rings. The summed E-state index contributed by atoms with van der Waals surface area (Å²) in [6, 6.07) is 0. The molecular formula is C12H21N3O. The van der Waals surface area contributed by atoms with E-state index in [9.17, 15) is 5.11 Å². The summed E-state index contributed by atoms with van der Waals surface area (Å²) in [5.74, 6) is 0.761. The van der Waals surface area contributed by atoms with Crippen LogP contribution in [0.1, 0.15) is 38.1 Å². The van der Waals surface area contributed by atoms with E-state index in [0.717, 1.165) is 30.0 Å². The molecule has 0 aliphatic carbocycles. The molecule has 0 saturated carbocycles. The average Bonchev–Trinajstić information content (AvgIpc) is 2.19. The first kappa shape index (κ1) is 12.9. The second-order valence-corrected chi connectivity index (χ2v) is 4.55. The Bertz CT molecular complexity index is 350. The summed E-state index contributed by atoms with van der Waals surface area (Å²) in [6.07, 6.45) is 3.48. The number of anilines is 1. The third-order valence-electron chi connectivity index (χ3n) is 2.50. The first-order valence-electron chi connectivity index (χ1n) is 5.71. The van der Waals surface area contributed by atoms with Gasteiger partial charge in [0, 0.05) is 12.7 Å². The van der Waals surface area contributed by atoms with Gasteiger partial charge in [-0.2, -0.15) is 0 Å². The molecule has 16 heavy (non-hydrogen) atoms. The van der Waals surface area contributed by atoms with Gasteiger partial charge in [-0.15, -0.1) is 0 Å². The van der Waals surface area contributed by atoms with Gasteiger partial charge in [-0.1, -0.05) is 13.3 Å². The van der Waals surface area contributed by atoms with Crippen molar-refractivity contribution >= 4 is 5.82 Å². The Kier molecular flexibility index (Phi) is 4.24. The molecule has 2 N–H and O–H groups in total. The number of nitrogens with one attached hydrogen (secondary N) is 1. The first-order chi connectivity index (χ1) is 7.44. The van der Waals surface area contributed by atoms with E-state index < -0.39 is 5.60 Å². The topological polar surface area (TPSA) is 58.0 Å². The predicted molar refractivity (Wildman–Crippen MR) is 65.5 cm³/mol. The lowest BCUT2D eigenvalue weighted by Crippen LogP contribution is -2.33. The molecule has 4 heteroatoms. The van der Waals surface area contributed by atoms with E-state index >= 15 is 0 Å². The van der Waals surface area contributed by atoms with Gasteiger partial charge in [0.1, 0.15) is 5.82 Å². The molecule has 1 aromatic rings. The van der Waals surface area contributed by atoms with E-state index in [1.54, 1.807) is 6.20 Å². The molecule has 0 aromatic carbocycles. The molecule has 90 valence electrons. The fraction of sp³-hybridized carbons (Fsp3) is 0.667. The van der Waals surface area contributed by atoms with Crippen molar-refractivity contribution in [2.24, 2.45) is 0 Å². The van der Waals surface area contributed by atoms with Gasteiger partial charge in [-0.25, -0.2) is 4.98 Å². The number of hydrogen-bond acceptors (Lipinski definition) is 4. The summed E-state index contributed by atoms with van der Waals surface area (Å²) in [5, 5.41) is 13.2. The van der Waals surface area contributed by atoms with Crippen LogP contribution in [-0.2, 0) is 0 Å². The number of aryl methyl sites for hydroxylation is 2. The van der Waals surface area contributed by atoms with E-state index in [1.165, 1.54) is 0 Å². The van der Waals surface area contributed by atoms with E-state index in [2.05, 4.69) is 22.2 Å². The quantitative estimate of drug-likeness (QED) is 0.802. The summed E-state index contributed by atoms with van der Waals surface area (Å²) in [6.45, 7) is 8.21. The van der Waals surface area contributed by atoms with Crippen LogP contribution in [0.4, 0.5) is 5.82 Å². The lowest BCUT2D eigenvalue weighted by Gasteiger charge is -2.23. The minimum absolute atomic E-state index is 0.500. The van der Waals surface area contributed by atoms with Crippen molar-refractivity contribution < 1.29 is 5.11 Å². The van der Waals surface area contributed by atoms with Gasteiger partial charge in [-0.05, 0) is 27.2 Å². The van der Waals surface area contributed by atoms with Gasteiger partial charge < -0.3 is 10.4 Å². The predicted octanol–water partition coefficient (Wildman–Crippen LogP) is 2.06. The van der Waals surface area contributed by atoms with Gasteiger partial charge >= 0.3 is 0 Å². The van der Waals surface area contributed by atoms with Crippen LogP contribution in [0, 0.1) is 13.8 Å². The molecule has 0 spiro atoms. The summed E-state index contributed by atoms with van der Waals surface area (Å²) in [5.41, 5.74) is 1.05. The van der Waals surface area contributed by atoms with Crippen LogP contribution in [-0.4, -0.2) is 27.2 Å². The molecule has 1 unspecified atom stereocenters. The van der Waals surface area contributed by atoms with Crippen LogP contribution in [0.2, 0.25) is 0 Å². The Labute approximate surface area is 97.1 Å². The molecule has 0 aliphatic heterocycles. The number of rotatable bonds is 5. The third-order valence-corrected chi connectivity index (χ3v) is 2.50. The second kappa shape index (κ2) is 5.25. The second-order valence-electron chi connectivity index (χ2n) is 4.55. The van der Waals surface area contributed by atoms with Crippen LogP contribution in [0.25, 0.3) is 0 Å². The zero-order valence-corrected chi connectivity index (χ0v) is 10.5. The van der Waals surface area contributed by atoms with Crippen molar-refractivity contribution in [2.45, 2.75) is 46.1 Å². The maximum atomic E-state index is 10.0. The standard InChI is InChI=1S/C12H21N3O/c1-5-6-12(4,16)8-14-11-10(3)13-7-9(2)15-11/h7,16H,5-6,8H2,1-4H3,(H,14,15). The zero-order chi connectivity index (χ0) is 12.2. The number of nitrogens with zero attached hydrogens (tertiary/aromatic N) is 2. The Balaban J connectivity index is 2.63. The molecule has 0 saturated heterocycles. The maximum absolute atomic E-state index is 10.0. The Morgan fingerprint density at radius 1 is 1.44 bits per heavy atom. The minimum atomic E-state index is -0.688. The number of aromatic nitrogens is 2. The van der Waals surface area contributed by atoms with E-state index in [4.69, 9.17) is 0 Å². The third kappa shape index (κ3) is 3.77. The molecular weight excluding hydrogens is 202 g/mol. The lowest BCUT2D eigenvalue weighted by atomic mass is 10.0. The Hall–Kier alpha value is -1.16. The molecule has 1 heterocycles. The summed E-state index contributed by atoms with van der Waals surface area (Å²) >= 11 is 0. The van der Waals surface area contributed by atoms with Crippen LogP contribution in [0.3, 0.4) is 0 Å². The van der Waals surface area contributed by atoms with E-state index in [-0.39, 0.29) is 0 Å². The SMILES string of the molecule is CCCC(C)(O)CNc1nc(C)cnc1C. The van der Waals surface area contributed by atoms with Crippen molar-refractivity contribution in [1.82, 2.24) is 9.97 Å². The normalized spacial score (nSPS) is 14.6. The van der Waals surface area contributed by atoms with Crippen LogP contribution < -0.4 is 5.32 Å². The van der Waals surface area contributed by atoms with Crippen LogP contribution in [0.5, 0.6) is 0 Å².